The number of carbonyl (C=O) groups is 1. The summed E-state index contributed by atoms with van der Waals surface area (Å²) in [7, 11) is 0. The average molecular weight is 256 g/mol. The van der Waals surface area contributed by atoms with Crippen LogP contribution in [0, 0.1) is 6.92 Å². The second-order valence-corrected chi connectivity index (χ2v) is 5.10. The zero-order chi connectivity index (χ0) is 12.3. The molecule has 1 N–H and O–H groups in total. The molecule has 0 aliphatic carbocycles. The Morgan fingerprint density at radius 3 is 3.24 bits per heavy atom. The Morgan fingerprint density at radius 1 is 1.76 bits per heavy atom. The predicted octanol–water partition coefficient (Wildman–Crippen LogP) is 1.13. The maximum absolute atomic E-state index is 10.8. The van der Waals surface area contributed by atoms with Crippen LogP contribution in [0.3, 0.4) is 0 Å². The molecule has 1 saturated heterocycles. The van der Waals surface area contributed by atoms with Crippen LogP contribution in [0.15, 0.2) is 5.51 Å². The number of hydrogen-bond acceptors (Lipinski definition) is 5. The highest BCUT2D eigenvalue weighted by Crippen LogP contribution is 2.19. The third kappa shape index (κ3) is 3.24. The van der Waals surface area contributed by atoms with Gasteiger partial charge in [-0.3, -0.25) is 9.69 Å². The van der Waals surface area contributed by atoms with Crippen molar-refractivity contribution in [3.05, 3.63) is 16.1 Å². The summed E-state index contributed by atoms with van der Waals surface area (Å²) in [4.78, 5) is 18.4. The van der Waals surface area contributed by atoms with Crippen LogP contribution < -0.4 is 0 Å². The van der Waals surface area contributed by atoms with Crippen LogP contribution in [0.25, 0.3) is 0 Å². The molecule has 0 radical (unpaired) electrons. The fourth-order valence-electron chi connectivity index (χ4n) is 1.95. The van der Waals surface area contributed by atoms with Gasteiger partial charge in [0.05, 0.1) is 30.8 Å². The number of ether oxygens (including phenoxy) is 1. The zero-order valence-corrected chi connectivity index (χ0v) is 10.6. The molecule has 0 spiro atoms. The van der Waals surface area contributed by atoms with Gasteiger partial charge in [0.25, 0.3) is 0 Å². The van der Waals surface area contributed by atoms with E-state index in [1.165, 1.54) is 4.88 Å². The van der Waals surface area contributed by atoms with Crippen LogP contribution in [0.2, 0.25) is 0 Å². The van der Waals surface area contributed by atoms with Crippen molar-refractivity contribution in [2.45, 2.75) is 25.9 Å². The van der Waals surface area contributed by atoms with E-state index in [2.05, 4.69) is 9.88 Å². The number of rotatable bonds is 4. The standard InChI is InChI=1S/C11H16N2O3S/c1-8-10(17-7-12-8)5-13-2-3-16-6-9(13)4-11(14)15/h7,9H,2-6H2,1H3,(H,14,15). The number of thiazole rings is 1. The van der Waals surface area contributed by atoms with Crippen molar-refractivity contribution in [3.8, 4) is 0 Å². The van der Waals surface area contributed by atoms with E-state index in [4.69, 9.17) is 9.84 Å². The van der Waals surface area contributed by atoms with Crippen molar-refractivity contribution in [2.24, 2.45) is 0 Å². The van der Waals surface area contributed by atoms with E-state index in [1.807, 2.05) is 12.4 Å². The number of morpholine rings is 1. The predicted molar refractivity (Wildman–Crippen MR) is 64.1 cm³/mol. The van der Waals surface area contributed by atoms with Crippen LogP contribution in [-0.4, -0.2) is 46.8 Å². The highest BCUT2D eigenvalue weighted by atomic mass is 32.1. The average Bonchev–Trinajstić information content (AvgIpc) is 2.67. The van der Waals surface area contributed by atoms with E-state index < -0.39 is 5.97 Å². The van der Waals surface area contributed by atoms with E-state index in [-0.39, 0.29) is 12.5 Å². The third-order valence-electron chi connectivity index (χ3n) is 2.95. The van der Waals surface area contributed by atoms with Gasteiger partial charge < -0.3 is 9.84 Å². The highest BCUT2D eigenvalue weighted by molar-refractivity contribution is 7.09. The Hall–Kier alpha value is -0.980. The quantitative estimate of drug-likeness (QED) is 0.875. The van der Waals surface area contributed by atoms with Crippen LogP contribution >= 0.6 is 11.3 Å². The molecular weight excluding hydrogens is 240 g/mol. The Morgan fingerprint density at radius 2 is 2.59 bits per heavy atom. The number of aliphatic carboxylic acids is 1. The Kier molecular flexibility index (Phi) is 4.09. The molecule has 1 unspecified atom stereocenters. The zero-order valence-electron chi connectivity index (χ0n) is 9.76. The maximum atomic E-state index is 10.8. The van der Waals surface area contributed by atoms with Gasteiger partial charge in [0.15, 0.2) is 0 Å². The molecule has 0 saturated carbocycles. The van der Waals surface area contributed by atoms with Crippen LogP contribution in [0.5, 0.6) is 0 Å². The first-order valence-electron chi connectivity index (χ1n) is 5.59. The fourth-order valence-corrected chi connectivity index (χ4v) is 2.75. The van der Waals surface area contributed by atoms with Crippen LogP contribution in [-0.2, 0) is 16.1 Å². The topological polar surface area (TPSA) is 62.7 Å². The van der Waals surface area contributed by atoms with E-state index in [0.29, 0.717) is 13.2 Å². The third-order valence-corrected chi connectivity index (χ3v) is 3.87. The molecule has 1 aliphatic heterocycles. The molecule has 5 nitrogen and oxygen atoms in total. The van der Waals surface area contributed by atoms with Gasteiger partial charge in [0.1, 0.15) is 0 Å². The Balaban J connectivity index is 2.01. The van der Waals surface area contributed by atoms with Gasteiger partial charge in [-0.2, -0.15) is 0 Å². The van der Waals surface area contributed by atoms with Gasteiger partial charge >= 0.3 is 5.97 Å². The van der Waals surface area contributed by atoms with Crippen molar-refractivity contribution in [2.75, 3.05) is 19.8 Å². The molecule has 94 valence electrons. The molecule has 2 heterocycles. The summed E-state index contributed by atoms with van der Waals surface area (Å²) in [5.41, 5.74) is 2.87. The van der Waals surface area contributed by atoms with Gasteiger partial charge in [-0.25, -0.2) is 4.98 Å². The van der Waals surface area contributed by atoms with Crippen molar-refractivity contribution < 1.29 is 14.6 Å². The van der Waals surface area contributed by atoms with Crippen LogP contribution in [0.1, 0.15) is 17.0 Å². The monoisotopic (exact) mass is 256 g/mol. The van der Waals surface area contributed by atoms with Crippen molar-refractivity contribution in [1.82, 2.24) is 9.88 Å². The van der Waals surface area contributed by atoms with Gasteiger partial charge in [-0.15, -0.1) is 11.3 Å². The molecule has 0 bridgehead atoms. The van der Waals surface area contributed by atoms with E-state index in [1.54, 1.807) is 11.3 Å². The Bertz CT molecular complexity index is 394. The number of carboxylic acid groups (broad SMARTS) is 1. The van der Waals surface area contributed by atoms with Gasteiger partial charge in [-0.05, 0) is 6.92 Å². The van der Waals surface area contributed by atoms with Gasteiger partial charge in [0, 0.05) is 24.0 Å². The summed E-state index contributed by atoms with van der Waals surface area (Å²) >= 11 is 1.62. The lowest BCUT2D eigenvalue weighted by Gasteiger charge is -2.34. The van der Waals surface area contributed by atoms with E-state index >= 15 is 0 Å². The molecule has 0 aromatic carbocycles. The lowest BCUT2D eigenvalue weighted by atomic mass is 10.1. The summed E-state index contributed by atoms with van der Waals surface area (Å²) in [5.74, 6) is -0.772. The highest BCUT2D eigenvalue weighted by Gasteiger charge is 2.25. The molecule has 0 amide bonds. The first-order valence-corrected chi connectivity index (χ1v) is 6.47. The SMILES string of the molecule is Cc1ncsc1CN1CCOCC1CC(=O)O. The number of aryl methyl sites for hydroxylation is 1. The molecule has 6 heteroatoms. The number of aromatic nitrogens is 1. The molecule has 1 aliphatic rings. The number of nitrogens with zero attached hydrogens (tertiary/aromatic N) is 2. The Labute approximate surface area is 104 Å². The minimum atomic E-state index is -0.772. The van der Waals surface area contributed by atoms with E-state index in [0.717, 1.165) is 18.8 Å². The molecule has 17 heavy (non-hydrogen) atoms. The summed E-state index contributed by atoms with van der Waals surface area (Å²) in [5, 5.41) is 8.87. The first kappa shape index (κ1) is 12.5. The summed E-state index contributed by atoms with van der Waals surface area (Å²) in [6.07, 6.45) is 0.137. The first-order chi connectivity index (χ1) is 8.16. The van der Waals surface area contributed by atoms with E-state index in [9.17, 15) is 4.79 Å². The van der Waals surface area contributed by atoms with Crippen molar-refractivity contribution >= 4 is 17.3 Å². The van der Waals surface area contributed by atoms with Crippen molar-refractivity contribution in [3.63, 3.8) is 0 Å². The molecule has 1 aromatic rings. The maximum Gasteiger partial charge on any atom is 0.305 e. The normalized spacial score (nSPS) is 21.6. The summed E-state index contributed by atoms with van der Waals surface area (Å²) in [6.45, 7) is 4.73. The lowest BCUT2D eigenvalue weighted by molar-refractivity contribution is -0.140. The molecule has 1 fully saturated rings. The minimum Gasteiger partial charge on any atom is -0.481 e. The minimum absolute atomic E-state index is 0.0252. The second kappa shape index (κ2) is 5.57. The lowest BCUT2D eigenvalue weighted by Crippen LogP contribution is -2.45. The second-order valence-electron chi connectivity index (χ2n) is 4.16. The van der Waals surface area contributed by atoms with Crippen LogP contribution in [0.4, 0.5) is 0 Å². The van der Waals surface area contributed by atoms with Gasteiger partial charge in [-0.1, -0.05) is 0 Å². The molecule has 1 atom stereocenters. The summed E-state index contributed by atoms with van der Waals surface area (Å²) in [6, 6.07) is -0.0252. The van der Waals surface area contributed by atoms with Gasteiger partial charge in [0.2, 0.25) is 0 Å². The largest absolute Gasteiger partial charge is 0.481 e. The number of carboxylic acids is 1. The molecular formula is C11H16N2O3S. The molecule has 1 aromatic heterocycles. The smallest absolute Gasteiger partial charge is 0.305 e. The molecule has 2 rings (SSSR count). The van der Waals surface area contributed by atoms with Crippen molar-refractivity contribution in [1.29, 1.82) is 0 Å². The fraction of sp³-hybridized carbons (Fsp3) is 0.636. The summed E-state index contributed by atoms with van der Waals surface area (Å²) < 4.78 is 5.35. The number of hydrogen-bond donors (Lipinski definition) is 1.